The van der Waals surface area contributed by atoms with Crippen molar-refractivity contribution in [1.82, 2.24) is 15.5 Å². The normalized spacial score (nSPS) is 12.1. The van der Waals surface area contributed by atoms with Gasteiger partial charge in [0.25, 0.3) is 0 Å². The summed E-state index contributed by atoms with van der Waals surface area (Å²) < 4.78 is 16.5. The van der Waals surface area contributed by atoms with Gasteiger partial charge in [-0.3, -0.25) is 4.79 Å². The highest BCUT2D eigenvalue weighted by molar-refractivity contribution is 5.79. The number of aromatic nitrogens is 2. The van der Waals surface area contributed by atoms with Gasteiger partial charge in [-0.25, -0.2) is 0 Å². The van der Waals surface area contributed by atoms with Crippen LogP contribution in [0.15, 0.2) is 92.4 Å². The Bertz CT molecular complexity index is 1260. The summed E-state index contributed by atoms with van der Waals surface area (Å²) in [6.45, 7) is 0. The quantitative estimate of drug-likeness (QED) is 0.407. The zero-order chi connectivity index (χ0) is 21.0. The van der Waals surface area contributed by atoms with E-state index in [0.717, 1.165) is 16.5 Å². The van der Waals surface area contributed by atoms with E-state index in [1.165, 1.54) is 0 Å². The van der Waals surface area contributed by atoms with E-state index in [1.54, 1.807) is 18.4 Å². The largest absolute Gasteiger partial charge is 0.461 e. The summed E-state index contributed by atoms with van der Waals surface area (Å²) in [4.78, 5) is 17.0. The van der Waals surface area contributed by atoms with E-state index in [-0.39, 0.29) is 12.3 Å². The lowest BCUT2D eigenvalue weighted by Crippen LogP contribution is -2.29. The van der Waals surface area contributed by atoms with E-state index >= 15 is 0 Å². The van der Waals surface area contributed by atoms with Gasteiger partial charge in [0.1, 0.15) is 17.4 Å². The van der Waals surface area contributed by atoms with Gasteiger partial charge in [0.2, 0.25) is 17.6 Å². The van der Waals surface area contributed by atoms with Crippen LogP contribution in [0.2, 0.25) is 0 Å². The SMILES string of the molecule is O=C(CCc1nc(-c2ccco2)no1)N[C@@H](c1ccccc1)c1cc2ccccc2o1. The van der Waals surface area contributed by atoms with Gasteiger partial charge >= 0.3 is 0 Å². The maximum absolute atomic E-state index is 12.8. The highest BCUT2D eigenvalue weighted by Gasteiger charge is 2.21. The van der Waals surface area contributed by atoms with E-state index in [0.29, 0.717) is 29.7 Å². The number of amides is 1. The molecule has 0 unspecified atom stereocenters. The van der Waals surface area contributed by atoms with Gasteiger partial charge in [0, 0.05) is 18.2 Å². The first-order valence-corrected chi connectivity index (χ1v) is 9.95. The molecule has 2 aromatic carbocycles. The van der Waals surface area contributed by atoms with Crippen molar-refractivity contribution in [3.8, 4) is 11.6 Å². The molecule has 31 heavy (non-hydrogen) atoms. The lowest BCUT2D eigenvalue weighted by Gasteiger charge is -2.17. The molecule has 1 atom stereocenters. The number of para-hydroxylation sites is 1. The molecule has 0 saturated carbocycles. The molecule has 3 aromatic heterocycles. The molecule has 0 bridgehead atoms. The standard InChI is InChI=1S/C24H19N3O4/c28-21(12-13-22-26-24(27-31-22)19-11-6-14-29-19)25-23(16-7-2-1-3-8-16)20-15-17-9-4-5-10-18(17)30-20/h1-11,14-15,23H,12-13H2,(H,25,28)/t23-/m0/s1. The van der Waals surface area contributed by atoms with Crippen LogP contribution in [0.3, 0.4) is 0 Å². The van der Waals surface area contributed by atoms with E-state index in [2.05, 4.69) is 15.5 Å². The molecule has 3 heterocycles. The van der Waals surface area contributed by atoms with Crippen LogP contribution in [0.1, 0.15) is 29.7 Å². The highest BCUT2D eigenvalue weighted by atomic mass is 16.5. The van der Waals surface area contributed by atoms with Crippen molar-refractivity contribution in [2.45, 2.75) is 18.9 Å². The third-order valence-electron chi connectivity index (χ3n) is 4.94. The number of hydrogen-bond acceptors (Lipinski definition) is 6. The van der Waals surface area contributed by atoms with Gasteiger partial charge in [-0.15, -0.1) is 0 Å². The van der Waals surface area contributed by atoms with Crippen LogP contribution in [0.4, 0.5) is 0 Å². The first-order chi connectivity index (χ1) is 15.3. The zero-order valence-corrected chi connectivity index (χ0v) is 16.5. The lowest BCUT2D eigenvalue weighted by molar-refractivity contribution is -0.121. The number of rotatable bonds is 7. The Kier molecular flexibility index (Phi) is 5.06. The summed E-state index contributed by atoms with van der Waals surface area (Å²) >= 11 is 0. The van der Waals surface area contributed by atoms with Gasteiger partial charge in [0.05, 0.1) is 6.26 Å². The Morgan fingerprint density at radius 3 is 2.65 bits per heavy atom. The van der Waals surface area contributed by atoms with Crippen LogP contribution < -0.4 is 5.32 Å². The summed E-state index contributed by atoms with van der Waals surface area (Å²) in [5, 5.41) is 7.95. The van der Waals surface area contributed by atoms with Crippen molar-refractivity contribution in [2.24, 2.45) is 0 Å². The number of carbonyl (C=O) groups excluding carboxylic acids is 1. The zero-order valence-electron chi connectivity index (χ0n) is 16.5. The van der Waals surface area contributed by atoms with E-state index < -0.39 is 6.04 Å². The molecule has 5 aromatic rings. The highest BCUT2D eigenvalue weighted by Crippen LogP contribution is 2.28. The number of furan rings is 2. The Labute approximate surface area is 177 Å². The van der Waals surface area contributed by atoms with Crippen LogP contribution in [0.5, 0.6) is 0 Å². The lowest BCUT2D eigenvalue weighted by atomic mass is 10.0. The molecule has 7 heteroatoms. The van der Waals surface area contributed by atoms with Gasteiger partial charge in [0.15, 0.2) is 5.76 Å². The average molecular weight is 413 g/mol. The van der Waals surface area contributed by atoms with Gasteiger partial charge in [-0.2, -0.15) is 4.98 Å². The molecule has 0 aliphatic carbocycles. The molecule has 154 valence electrons. The molecule has 0 radical (unpaired) electrons. The van der Waals surface area contributed by atoms with E-state index in [4.69, 9.17) is 13.4 Å². The van der Waals surface area contributed by atoms with Crippen molar-refractivity contribution < 1.29 is 18.2 Å². The number of carbonyl (C=O) groups is 1. The average Bonchev–Trinajstić information content (AvgIpc) is 3.56. The molecule has 0 fully saturated rings. The topological polar surface area (TPSA) is 94.3 Å². The van der Waals surface area contributed by atoms with Crippen molar-refractivity contribution in [1.29, 1.82) is 0 Å². The number of hydrogen-bond donors (Lipinski definition) is 1. The summed E-state index contributed by atoms with van der Waals surface area (Å²) in [7, 11) is 0. The van der Waals surface area contributed by atoms with Crippen molar-refractivity contribution in [3.05, 3.63) is 96.3 Å². The van der Waals surface area contributed by atoms with Gasteiger partial charge in [-0.05, 0) is 29.8 Å². The summed E-state index contributed by atoms with van der Waals surface area (Å²) in [6.07, 6.45) is 2.06. The second-order valence-electron chi connectivity index (χ2n) is 7.09. The second kappa shape index (κ2) is 8.31. The fraction of sp³-hybridized carbons (Fsp3) is 0.125. The molecular weight excluding hydrogens is 394 g/mol. The fourth-order valence-corrected chi connectivity index (χ4v) is 3.42. The maximum atomic E-state index is 12.8. The number of fused-ring (bicyclic) bond motifs is 1. The van der Waals surface area contributed by atoms with Crippen molar-refractivity contribution in [2.75, 3.05) is 0 Å². The molecular formula is C24H19N3O4. The smallest absolute Gasteiger partial charge is 0.238 e. The molecule has 0 aliphatic heterocycles. The number of nitrogens with one attached hydrogen (secondary N) is 1. The summed E-state index contributed by atoms with van der Waals surface area (Å²) in [5.41, 5.74) is 1.72. The fourth-order valence-electron chi connectivity index (χ4n) is 3.42. The van der Waals surface area contributed by atoms with E-state index in [9.17, 15) is 4.79 Å². The molecule has 0 saturated heterocycles. The molecule has 1 amide bonds. The molecule has 0 aliphatic rings. The monoisotopic (exact) mass is 413 g/mol. The minimum atomic E-state index is -0.400. The van der Waals surface area contributed by atoms with Crippen LogP contribution in [0.25, 0.3) is 22.6 Å². The third-order valence-corrected chi connectivity index (χ3v) is 4.94. The van der Waals surface area contributed by atoms with Crippen LogP contribution in [0, 0.1) is 0 Å². The predicted octanol–water partition coefficient (Wildman–Crippen LogP) is 4.91. The molecule has 0 spiro atoms. The maximum Gasteiger partial charge on any atom is 0.238 e. The predicted molar refractivity (Wildman–Crippen MR) is 113 cm³/mol. The van der Waals surface area contributed by atoms with Crippen molar-refractivity contribution in [3.63, 3.8) is 0 Å². The first-order valence-electron chi connectivity index (χ1n) is 9.95. The number of benzene rings is 2. The minimum absolute atomic E-state index is 0.146. The van der Waals surface area contributed by atoms with E-state index in [1.807, 2.05) is 60.7 Å². The summed E-state index contributed by atoms with van der Waals surface area (Å²) in [5.74, 6) is 1.80. The van der Waals surface area contributed by atoms with Crippen LogP contribution in [-0.2, 0) is 11.2 Å². The number of aryl methyl sites for hydroxylation is 1. The molecule has 7 nitrogen and oxygen atoms in total. The Morgan fingerprint density at radius 2 is 1.84 bits per heavy atom. The van der Waals surface area contributed by atoms with Gasteiger partial charge < -0.3 is 18.7 Å². The van der Waals surface area contributed by atoms with Crippen LogP contribution in [-0.4, -0.2) is 16.0 Å². The second-order valence-corrected chi connectivity index (χ2v) is 7.09. The first kappa shape index (κ1) is 18.9. The Hall–Kier alpha value is -4.13. The Balaban J connectivity index is 1.31. The minimum Gasteiger partial charge on any atom is -0.461 e. The third kappa shape index (κ3) is 4.11. The number of nitrogens with zero attached hydrogens (tertiary/aromatic N) is 2. The molecule has 5 rings (SSSR count). The van der Waals surface area contributed by atoms with Crippen LogP contribution >= 0.6 is 0 Å². The van der Waals surface area contributed by atoms with Crippen molar-refractivity contribution >= 4 is 16.9 Å². The Morgan fingerprint density at radius 1 is 1.00 bits per heavy atom. The van der Waals surface area contributed by atoms with Gasteiger partial charge in [-0.1, -0.05) is 53.7 Å². The summed E-state index contributed by atoms with van der Waals surface area (Å²) in [6, 6.07) is 22.6. The molecule has 1 N–H and O–H groups in total.